The van der Waals surface area contributed by atoms with Crippen LogP contribution in [0.1, 0.15) is 123 Å². The van der Waals surface area contributed by atoms with Crippen LogP contribution in [0.3, 0.4) is 0 Å². The number of aromatic carboxylic acids is 2. The highest BCUT2D eigenvalue weighted by Crippen LogP contribution is 2.32. The molecule has 0 bridgehead atoms. The zero-order chi connectivity index (χ0) is 27.6. The minimum atomic E-state index is -1.15. The van der Waals surface area contributed by atoms with Gasteiger partial charge in [-0.05, 0) is 55.0 Å². The van der Waals surface area contributed by atoms with Crippen molar-refractivity contribution in [1.29, 1.82) is 0 Å². The van der Waals surface area contributed by atoms with Crippen molar-refractivity contribution in [3.63, 3.8) is 0 Å². The Morgan fingerprint density at radius 1 is 0.649 bits per heavy atom. The van der Waals surface area contributed by atoms with Crippen LogP contribution in [0.15, 0.2) is 30.3 Å². The lowest BCUT2D eigenvalue weighted by atomic mass is 9.92. The molecule has 0 aliphatic heterocycles. The third-order valence-electron chi connectivity index (χ3n) is 6.34. The molecular weight excluding hydrogens is 472 g/mol. The van der Waals surface area contributed by atoms with E-state index in [0.717, 1.165) is 44.1 Å². The van der Waals surface area contributed by atoms with Gasteiger partial charge >= 0.3 is 11.9 Å². The summed E-state index contributed by atoms with van der Waals surface area (Å²) in [4.78, 5) is 23.4. The molecule has 0 unspecified atom stereocenters. The Kier molecular flexibility index (Phi) is 15.6. The van der Waals surface area contributed by atoms with Gasteiger partial charge in [-0.15, -0.1) is 0 Å². The molecule has 2 rings (SSSR count). The van der Waals surface area contributed by atoms with E-state index >= 15 is 0 Å². The van der Waals surface area contributed by atoms with E-state index in [1.165, 1.54) is 63.1 Å². The van der Waals surface area contributed by atoms with Crippen LogP contribution in [0.5, 0.6) is 17.2 Å². The Hall–Kier alpha value is -3.22. The van der Waals surface area contributed by atoms with Gasteiger partial charge in [-0.1, -0.05) is 90.2 Å². The molecule has 7 heteroatoms. The Balaban J connectivity index is 0.000000635. The topological polar surface area (TPSA) is 135 Å². The van der Waals surface area contributed by atoms with Crippen LogP contribution < -0.4 is 0 Å². The molecule has 0 saturated carbocycles. The van der Waals surface area contributed by atoms with Crippen molar-refractivity contribution in [3.8, 4) is 17.2 Å². The number of aryl methyl sites for hydroxylation is 2. The number of unbranched alkanes of at least 4 members (excludes halogenated alkanes) is 10. The van der Waals surface area contributed by atoms with Gasteiger partial charge in [0.05, 0.1) is 11.1 Å². The zero-order valence-electron chi connectivity index (χ0n) is 22.3. The summed E-state index contributed by atoms with van der Waals surface area (Å²) in [6, 6.07) is 7.52. The number of carboxylic acid groups (broad SMARTS) is 2. The third kappa shape index (κ3) is 12.0. The van der Waals surface area contributed by atoms with Gasteiger partial charge in [0.1, 0.15) is 0 Å². The van der Waals surface area contributed by atoms with Crippen molar-refractivity contribution in [2.75, 3.05) is 0 Å². The number of carbonyl (C=O) groups is 2. The highest BCUT2D eigenvalue weighted by atomic mass is 16.4. The zero-order valence-corrected chi connectivity index (χ0v) is 22.3. The summed E-state index contributed by atoms with van der Waals surface area (Å²) in [5, 5.41) is 45.2. The lowest BCUT2D eigenvalue weighted by molar-refractivity contribution is 0.0650. The molecule has 0 fully saturated rings. The van der Waals surface area contributed by atoms with Gasteiger partial charge in [-0.3, -0.25) is 0 Å². The predicted molar refractivity (Wildman–Crippen MR) is 146 cm³/mol. The van der Waals surface area contributed by atoms with Gasteiger partial charge in [0, 0.05) is 0 Å². The first-order valence-corrected chi connectivity index (χ1v) is 13.5. The lowest BCUT2D eigenvalue weighted by Crippen LogP contribution is -2.13. The van der Waals surface area contributed by atoms with E-state index in [2.05, 4.69) is 13.8 Å². The van der Waals surface area contributed by atoms with Crippen molar-refractivity contribution >= 4 is 11.9 Å². The summed E-state index contributed by atoms with van der Waals surface area (Å²) in [5.74, 6) is -3.38. The monoisotopic (exact) mass is 516 g/mol. The predicted octanol–water partition coefficient (Wildman–Crippen LogP) is 7.69. The molecule has 2 aromatic carbocycles. The normalized spacial score (nSPS) is 10.5. The highest BCUT2D eigenvalue weighted by Gasteiger charge is 2.21. The second kappa shape index (κ2) is 18.1. The molecule has 37 heavy (non-hydrogen) atoms. The van der Waals surface area contributed by atoms with Crippen LogP contribution in [0.4, 0.5) is 0 Å². The van der Waals surface area contributed by atoms with E-state index in [0.29, 0.717) is 12.0 Å². The molecule has 0 aromatic heterocycles. The Bertz CT molecular complexity index is 948. The van der Waals surface area contributed by atoms with Crippen LogP contribution in [0.2, 0.25) is 0 Å². The summed E-state index contributed by atoms with van der Waals surface area (Å²) >= 11 is 0. The second-order valence-electron chi connectivity index (χ2n) is 9.47. The first kappa shape index (κ1) is 31.8. The van der Waals surface area contributed by atoms with Crippen LogP contribution >= 0.6 is 0 Å². The minimum absolute atomic E-state index is 0.0206. The first-order chi connectivity index (χ1) is 17.7. The smallest absolute Gasteiger partial charge is 0.336 e. The molecule has 206 valence electrons. The van der Waals surface area contributed by atoms with E-state index in [1.54, 1.807) is 6.07 Å². The summed E-state index contributed by atoms with van der Waals surface area (Å²) in [7, 11) is 0. The third-order valence-corrected chi connectivity index (χ3v) is 6.34. The summed E-state index contributed by atoms with van der Waals surface area (Å²) in [5.41, 5.74) is 1.56. The molecule has 2 aromatic rings. The van der Waals surface area contributed by atoms with Gasteiger partial charge in [0.2, 0.25) is 0 Å². The fourth-order valence-corrected chi connectivity index (χ4v) is 4.26. The molecule has 7 nitrogen and oxygen atoms in total. The molecule has 0 radical (unpaired) electrons. The number of phenolic OH excluding ortho intramolecular Hbond substituents is 3. The van der Waals surface area contributed by atoms with Gasteiger partial charge in [0.25, 0.3) is 0 Å². The number of carboxylic acids is 2. The fraction of sp³-hybridized carbons (Fsp3) is 0.533. The Morgan fingerprint density at radius 3 is 1.59 bits per heavy atom. The number of phenols is 3. The molecular formula is C30H44O7. The molecule has 5 N–H and O–H groups in total. The van der Waals surface area contributed by atoms with Gasteiger partial charge in [0.15, 0.2) is 17.2 Å². The quantitative estimate of drug-likeness (QED) is 0.114. The number of para-hydroxylation sites is 1. The molecule has 0 aliphatic rings. The SMILES string of the molecule is CCCCCCCCc1cc(CCCCCCCC)c(C(=O)O)c(C(=O)O)c1.Oc1cccc(O)c1O. The van der Waals surface area contributed by atoms with E-state index in [9.17, 15) is 19.8 Å². The number of aromatic hydroxyl groups is 3. The average molecular weight is 517 g/mol. The van der Waals surface area contributed by atoms with E-state index in [-0.39, 0.29) is 22.6 Å². The Morgan fingerprint density at radius 2 is 1.14 bits per heavy atom. The largest absolute Gasteiger partial charge is 0.504 e. The number of hydrogen-bond acceptors (Lipinski definition) is 5. The van der Waals surface area contributed by atoms with Crippen LogP contribution in [-0.2, 0) is 12.8 Å². The van der Waals surface area contributed by atoms with Crippen molar-refractivity contribution in [2.45, 2.75) is 104 Å². The maximum absolute atomic E-state index is 11.7. The molecule has 0 spiro atoms. The lowest BCUT2D eigenvalue weighted by Gasteiger charge is -2.13. The molecule has 0 heterocycles. The van der Waals surface area contributed by atoms with Crippen LogP contribution in [0, 0.1) is 0 Å². The van der Waals surface area contributed by atoms with Crippen molar-refractivity contribution in [1.82, 2.24) is 0 Å². The van der Waals surface area contributed by atoms with E-state index < -0.39 is 17.7 Å². The highest BCUT2D eigenvalue weighted by molar-refractivity contribution is 6.03. The number of rotatable bonds is 16. The van der Waals surface area contributed by atoms with Crippen LogP contribution in [-0.4, -0.2) is 37.5 Å². The van der Waals surface area contributed by atoms with Gasteiger partial charge < -0.3 is 25.5 Å². The Labute approximate surface area is 220 Å². The van der Waals surface area contributed by atoms with Crippen LogP contribution in [0.25, 0.3) is 0 Å². The molecule has 0 aliphatic carbocycles. The van der Waals surface area contributed by atoms with E-state index in [4.69, 9.17) is 15.3 Å². The standard InChI is InChI=1S/C24H38O4.C6H6O3/c1-3-5-7-9-11-13-15-19-17-20(16-14-12-10-8-6-4-2)22(24(27)28)21(18-19)23(25)26;7-4-2-1-3-5(8)6(4)9/h17-18H,3-16H2,1-2H3,(H,25,26)(H,27,28);1-3,7-9H. The maximum atomic E-state index is 11.7. The average Bonchev–Trinajstić information content (AvgIpc) is 2.86. The summed E-state index contributed by atoms with van der Waals surface area (Å²) in [6.07, 6.45) is 15.3. The maximum Gasteiger partial charge on any atom is 0.336 e. The summed E-state index contributed by atoms with van der Waals surface area (Å²) < 4.78 is 0. The fourth-order valence-electron chi connectivity index (χ4n) is 4.26. The van der Waals surface area contributed by atoms with E-state index in [1.807, 2.05) is 6.07 Å². The number of benzene rings is 2. The first-order valence-electron chi connectivity index (χ1n) is 13.5. The van der Waals surface area contributed by atoms with Crippen molar-refractivity contribution in [2.24, 2.45) is 0 Å². The van der Waals surface area contributed by atoms with Gasteiger partial charge in [-0.25, -0.2) is 9.59 Å². The summed E-state index contributed by atoms with van der Waals surface area (Å²) in [6.45, 7) is 4.38. The van der Waals surface area contributed by atoms with Crippen molar-refractivity contribution < 1.29 is 35.1 Å². The molecule has 0 amide bonds. The molecule has 0 atom stereocenters. The second-order valence-corrected chi connectivity index (χ2v) is 9.47. The number of hydrogen-bond donors (Lipinski definition) is 5. The minimum Gasteiger partial charge on any atom is -0.504 e. The molecule has 0 saturated heterocycles. The van der Waals surface area contributed by atoms with Crippen molar-refractivity contribution in [3.05, 3.63) is 52.6 Å². The van der Waals surface area contributed by atoms with Gasteiger partial charge in [-0.2, -0.15) is 0 Å².